The number of rotatable bonds is 4. The van der Waals surface area contributed by atoms with Gasteiger partial charge in [0.25, 0.3) is 0 Å². The van der Waals surface area contributed by atoms with Crippen molar-refractivity contribution in [3.8, 4) is 23.6 Å². The van der Waals surface area contributed by atoms with Crippen LogP contribution in [0.4, 0.5) is 5.69 Å². The van der Waals surface area contributed by atoms with Gasteiger partial charge in [-0.1, -0.05) is 0 Å². The molecule has 8 heteroatoms. The first-order chi connectivity index (χ1) is 10.0. The topological polar surface area (TPSA) is 111 Å². The molecule has 21 heavy (non-hydrogen) atoms. The molecule has 0 bridgehead atoms. The predicted molar refractivity (Wildman–Crippen MR) is 71.2 cm³/mol. The van der Waals surface area contributed by atoms with Gasteiger partial charge >= 0.3 is 11.7 Å². The summed E-state index contributed by atoms with van der Waals surface area (Å²) in [4.78, 5) is 18.2. The van der Waals surface area contributed by atoms with Gasteiger partial charge in [-0.15, -0.1) is 0 Å². The van der Waals surface area contributed by atoms with Crippen molar-refractivity contribution in [2.45, 2.75) is 6.92 Å². The van der Waals surface area contributed by atoms with Crippen LogP contribution < -0.4 is 9.47 Å². The molecule has 0 N–H and O–H groups in total. The summed E-state index contributed by atoms with van der Waals surface area (Å²) in [7, 11) is 1.43. The summed E-state index contributed by atoms with van der Waals surface area (Å²) in [6.45, 7) is 1.66. The number of methoxy groups -OCH3 is 1. The van der Waals surface area contributed by atoms with Crippen molar-refractivity contribution in [3.63, 3.8) is 0 Å². The fourth-order valence-corrected chi connectivity index (χ4v) is 1.60. The summed E-state index contributed by atoms with van der Waals surface area (Å²) in [6, 6.07) is 7.27. The van der Waals surface area contributed by atoms with Gasteiger partial charge in [-0.25, -0.2) is 4.98 Å². The van der Waals surface area contributed by atoms with Crippen LogP contribution in [0, 0.1) is 28.4 Å². The molecule has 1 heterocycles. The van der Waals surface area contributed by atoms with Crippen molar-refractivity contribution in [3.05, 3.63) is 45.8 Å². The molecule has 0 aliphatic carbocycles. The second-order valence-corrected chi connectivity index (χ2v) is 3.98. The second kappa shape index (κ2) is 5.83. The van der Waals surface area contributed by atoms with Crippen LogP contribution in [0.1, 0.15) is 11.4 Å². The highest BCUT2D eigenvalue weighted by molar-refractivity contribution is 5.51. The Kier molecular flexibility index (Phi) is 3.95. The summed E-state index contributed by atoms with van der Waals surface area (Å²) in [5, 5.41) is 19.8. The average molecular weight is 286 g/mol. The van der Waals surface area contributed by atoms with E-state index in [4.69, 9.17) is 14.7 Å². The first-order valence-corrected chi connectivity index (χ1v) is 5.79. The minimum Gasteiger partial charge on any atom is -0.497 e. The highest BCUT2D eigenvalue weighted by Crippen LogP contribution is 2.33. The van der Waals surface area contributed by atoms with Crippen LogP contribution in [0.15, 0.2) is 24.3 Å². The first kappa shape index (κ1) is 14.2. The molecule has 2 aromatic rings. The zero-order chi connectivity index (χ0) is 15.4. The summed E-state index contributed by atoms with van der Waals surface area (Å²) in [5.74, 6) is 0.331. The lowest BCUT2D eigenvalue weighted by Crippen LogP contribution is -1.99. The Labute approximate surface area is 119 Å². The van der Waals surface area contributed by atoms with E-state index in [-0.39, 0.29) is 23.1 Å². The number of nitrogens with zero attached hydrogens (tertiary/aromatic N) is 4. The maximum absolute atomic E-state index is 11.0. The van der Waals surface area contributed by atoms with Crippen LogP contribution in [0.2, 0.25) is 0 Å². The first-order valence-electron chi connectivity index (χ1n) is 5.79. The largest absolute Gasteiger partial charge is 0.497 e. The van der Waals surface area contributed by atoms with Crippen molar-refractivity contribution < 1.29 is 14.4 Å². The van der Waals surface area contributed by atoms with Gasteiger partial charge in [0, 0.05) is 17.8 Å². The Balaban J connectivity index is 2.45. The summed E-state index contributed by atoms with van der Waals surface area (Å²) in [5.41, 5.74) is 0.379. The maximum Gasteiger partial charge on any atom is 0.323 e. The normalized spacial score (nSPS) is 9.76. The van der Waals surface area contributed by atoms with Crippen molar-refractivity contribution in [1.29, 1.82) is 5.26 Å². The minimum absolute atomic E-state index is 0.0613. The van der Waals surface area contributed by atoms with E-state index in [0.29, 0.717) is 11.4 Å². The van der Waals surface area contributed by atoms with Crippen LogP contribution >= 0.6 is 0 Å². The van der Waals surface area contributed by atoms with Crippen molar-refractivity contribution >= 4 is 5.69 Å². The molecular weight excluding hydrogens is 276 g/mol. The SMILES string of the molecule is COc1ccc([N+](=O)[O-])c(Oc2nc(C)cc(C#N)n2)c1. The number of ether oxygens (including phenoxy) is 2. The molecule has 106 valence electrons. The third-order valence-electron chi connectivity index (χ3n) is 2.51. The molecule has 0 saturated heterocycles. The van der Waals surface area contributed by atoms with Crippen molar-refractivity contribution in [2.24, 2.45) is 0 Å². The van der Waals surface area contributed by atoms with Gasteiger partial charge in [0.15, 0.2) is 0 Å². The standard InChI is InChI=1S/C13H10N4O4/c1-8-5-9(7-14)16-13(15-8)21-12-6-10(20-2)3-4-11(12)17(18)19/h3-6H,1-2H3. The number of aryl methyl sites for hydroxylation is 1. The van der Waals surface area contributed by atoms with Crippen molar-refractivity contribution in [2.75, 3.05) is 7.11 Å². The monoisotopic (exact) mass is 286 g/mol. The van der Waals surface area contributed by atoms with E-state index in [1.54, 1.807) is 6.92 Å². The molecule has 0 spiro atoms. The van der Waals surface area contributed by atoms with Crippen LogP contribution in [-0.4, -0.2) is 22.0 Å². The molecule has 1 aromatic heterocycles. The van der Waals surface area contributed by atoms with Crippen molar-refractivity contribution in [1.82, 2.24) is 9.97 Å². The summed E-state index contributed by atoms with van der Waals surface area (Å²) >= 11 is 0. The van der Waals surface area contributed by atoms with Gasteiger partial charge in [0.05, 0.1) is 12.0 Å². The molecule has 0 saturated carbocycles. The molecule has 1 aromatic carbocycles. The molecule has 0 aliphatic rings. The number of aromatic nitrogens is 2. The lowest BCUT2D eigenvalue weighted by molar-refractivity contribution is -0.385. The summed E-state index contributed by atoms with van der Waals surface area (Å²) in [6.07, 6.45) is 0. The number of nitro groups is 1. The second-order valence-electron chi connectivity index (χ2n) is 3.98. The number of hydrogen-bond donors (Lipinski definition) is 0. The molecule has 0 aliphatic heterocycles. The molecule has 0 radical (unpaired) electrons. The third kappa shape index (κ3) is 3.22. The predicted octanol–water partition coefficient (Wildman–Crippen LogP) is 2.37. The van der Waals surface area contributed by atoms with Gasteiger partial charge < -0.3 is 9.47 Å². The van der Waals surface area contributed by atoms with E-state index in [2.05, 4.69) is 9.97 Å². The molecule has 2 rings (SSSR count). The Morgan fingerprint density at radius 2 is 2.10 bits per heavy atom. The Morgan fingerprint density at radius 3 is 2.71 bits per heavy atom. The molecule has 0 atom stereocenters. The Bertz CT molecular complexity index is 739. The quantitative estimate of drug-likeness (QED) is 0.626. The van der Waals surface area contributed by atoms with Crippen LogP contribution in [0.25, 0.3) is 0 Å². The van der Waals surface area contributed by atoms with E-state index < -0.39 is 4.92 Å². The zero-order valence-corrected chi connectivity index (χ0v) is 11.2. The molecular formula is C13H10N4O4. The third-order valence-corrected chi connectivity index (χ3v) is 2.51. The molecule has 0 amide bonds. The number of benzene rings is 1. The van der Waals surface area contributed by atoms with E-state index >= 15 is 0 Å². The average Bonchev–Trinajstić information content (AvgIpc) is 2.46. The highest BCUT2D eigenvalue weighted by atomic mass is 16.6. The van der Waals surface area contributed by atoms with E-state index in [9.17, 15) is 10.1 Å². The van der Waals surface area contributed by atoms with Crippen LogP contribution in [0.3, 0.4) is 0 Å². The number of hydrogen-bond acceptors (Lipinski definition) is 7. The van der Waals surface area contributed by atoms with E-state index in [0.717, 1.165) is 0 Å². The molecule has 8 nitrogen and oxygen atoms in total. The fraction of sp³-hybridized carbons (Fsp3) is 0.154. The number of nitro benzene ring substituents is 1. The molecule has 0 fully saturated rings. The Morgan fingerprint density at radius 1 is 1.33 bits per heavy atom. The fourth-order valence-electron chi connectivity index (χ4n) is 1.60. The highest BCUT2D eigenvalue weighted by Gasteiger charge is 2.18. The van der Waals surface area contributed by atoms with Crippen LogP contribution in [-0.2, 0) is 0 Å². The lowest BCUT2D eigenvalue weighted by Gasteiger charge is -2.07. The summed E-state index contributed by atoms with van der Waals surface area (Å²) < 4.78 is 10.3. The van der Waals surface area contributed by atoms with Gasteiger partial charge in [0.1, 0.15) is 17.5 Å². The van der Waals surface area contributed by atoms with Gasteiger partial charge in [-0.2, -0.15) is 10.2 Å². The minimum atomic E-state index is -0.588. The van der Waals surface area contributed by atoms with Crippen LogP contribution in [0.5, 0.6) is 17.5 Å². The lowest BCUT2D eigenvalue weighted by atomic mass is 10.3. The van der Waals surface area contributed by atoms with E-state index in [1.807, 2.05) is 6.07 Å². The van der Waals surface area contributed by atoms with E-state index in [1.165, 1.54) is 31.4 Å². The number of nitriles is 1. The maximum atomic E-state index is 11.0. The van der Waals surface area contributed by atoms with Gasteiger partial charge in [0.2, 0.25) is 5.75 Å². The zero-order valence-electron chi connectivity index (χ0n) is 11.2. The molecule has 0 unspecified atom stereocenters. The van der Waals surface area contributed by atoms with Gasteiger partial charge in [-0.3, -0.25) is 10.1 Å². The smallest absolute Gasteiger partial charge is 0.323 e. The Hall–Kier alpha value is -3.21. The van der Waals surface area contributed by atoms with Gasteiger partial charge in [-0.05, 0) is 19.1 Å².